The Kier molecular flexibility index (Phi) is 8.99. The van der Waals surface area contributed by atoms with Crippen LogP contribution in [0.25, 0.3) is 0 Å². The van der Waals surface area contributed by atoms with Gasteiger partial charge in [0.25, 0.3) is 5.91 Å². The number of carbonyl (C=O) groups excluding carboxylic acids is 2. The molecule has 6 nitrogen and oxygen atoms in total. The predicted octanol–water partition coefficient (Wildman–Crippen LogP) is 5.70. The molecule has 192 valence electrons. The maximum atomic E-state index is 13.8. The van der Waals surface area contributed by atoms with Crippen molar-refractivity contribution in [3.05, 3.63) is 81.9 Å². The number of furan rings is 1. The number of fused-ring (bicyclic) bond motifs is 1. The lowest BCUT2D eigenvalue weighted by Crippen LogP contribution is -2.49. The lowest BCUT2D eigenvalue weighted by Gasteiger charge is -2.42. The fraction of sp³-hybridized carbons (Fsp3) is 0.448. The summed E-state index contributed by atoms with van der Waals surface area (Å²) in [5.74, 6) is 0.741. The van der Waals surface area contributed by atoms with Crippen molar-refractivity contribution in [2.75, 3.05) is 26.2 Å². The number of amides is 2. The van der Waals surface area contributed by atoms with Crippen molar-refractivity contribution in [1.29, 1.82) is 0 Å². The molecule has 0 radical (unpaired) electrons. The molecule has 36 heavy (non-hydrogen) atoms. The molecule has 0 spiro atoms. The fourth-order valence-electron chi connectivity index (χ4n) is 4.97. The standard InChI is InChI=1S/C29H37N3O3S/c1-4-5-15-31(20-22-10-8-17-35-22)16-14-30-28(33)26-23-11-6-7-12-24(23)29(34)32(19-21(2)3)27(26)25-13-9-18-36-25/h6-13,17-18,21,26-27H,4-5,14-16,19-20H2,1-3H3,(H,30,33)/t26-,27-/m1/s1. The lowest BCUT2D eigenvalue weighted by molar-refractivity contribution is -0.124. The smallest absolute Gasteiger partial charge is 0.254 e. The monoisotopic (exact) mass is 507 g/mol. The summed E-state index contributed by atoms with van der Waals surface area (Å²) < 4.78 is 5.55. The van der Waals surface area contributed by atoms with Gasteiger partial charge in [0.2, 0.25) is 5.91 Å². The molecule has 1 aliphatic heterocycles. The van der Waals surface area contributed by atoms with Crippen LogP contribution in [-0.4, -0.2) is 47.8 Å². The Labute approximate surface area is 218 Å². The van der Waals surface area contributed by atoms with E-state index in [-0.39, 0.29) is 17.9 Å². The second-order valence-corrected chi connectivity index (χ2v) is 10.9. The van der Waals surface area contributed by atoms with Crippen LogP contribution in [0.3, 0.4) is 0 Å². The predicted molar refractivity (Wildman–Crippen MR) is 144 cm³/mol. The molecule has 0 saturated heterocycles. The van der Waals surface area contributed by atoms with Gasteiger partial charge in [-0.05, 0) is 54.1 Å². The van der Waals surface area contributed by atoms with Gasteiger partial charge in [0.05, 0.1) is 24.8 Å². The topological polar surface area (TPSA) is 65.8 Å². The molecule has 0 saturated carbocycles. The zero-order valence-electron chi connectivity index (χ0n) is 21.5. The van der Waals surface area contributed by atoms with Crippen molar-refractivity contribution >= 4 is 23.2 Å². The quantitative estimate of drug-likeness (QED) is 0.342. The Bertz CT molecular complexity index is 1110. The van der Waals surface area contributed by atoms with Crippen molar-refractivity contribution in [3.63, 3.8) is 0 Å². The van der Waals surface area contributed by atoms with Crippen LogP contribution < -0.4 is 5.32 Å². The molecule has 4 rings (SSSR count). The summed E-state index contributed by atoms with van der Waals surface area (Å²) in [6.07, 6.45) is 3.91. The van der Waals surface area contributed by atoms with Gasteiger partial charge >= 0.3 is 0 Å². The number of unbranched alkanes of at least 4 members (excludes halogenated alkanes) is 1. The van der Waals surface area contributed by atoms with Gasteiger partial charge in [-0.1, -0.05) is 51.5 Å². The maximum Gasteiger partial charge on any atom is 0.254 e. The minimum absolute atomic E-state index is 0.00550. The number of benzene rings is 1. The summed E-state index contributed by atoms with van der Waals surface area (Å²) in [7, 11) is 0. The second kappa shape index (κ2) is 12.4. The van der Waals surface area contributed by atoms with Crippen LogP contribution in [-0.2, 0) is 11.3 Å². The van der Waals surface area contributed by atoms with Gasteiger partial charge in [0.1, 0.15) is 5.76 Å². The normalized spacial score (nSPS) is 17.6. The summed E-state index contributed by atoms with van der Waals surface area (Å²) >= 11 is 1.61. The average Bonchev–Trinajstić information content (AvgIpc) is 3.58. The lowest BCUT2D eigenvalue weighted by atomic mass is 9.81. The molecular formula is C29H37N3O3S. The van der Waals surface area contributed by atoms with Crippen LogP contribution in [0.1, 0.15) is 72.1 Å². The van der Waals surface area contributed by atoms with E-state index in [9.17, 15) is 9.59 Å². The summed E-state index contributed by atoms with van der Waals surface area (Å²) in [5, 5.41) is 5.23. The van der Waals surface area contributed by atoms with E-state index < -0.39 is 5.92 Å². The van der Waals surface area contributed by atoms with Gasteiger partial charge in [-0.15, -0.1) is 11.3 Å². The number of hydrogen-bond donors (Lipinski definition) is 1. The number of nitrogens with one attached hydrogen (secondary N) is 1. The minimum atomic E-state index is -0.453. The zero-order valence-corrected chi connectivity index (χ0v) is 22.3. The van der Waals surface area contributed by atoms with Crippen LogP contribution in [0, 0.1) is 5.92 Å². The molecule has 0 aliphatic carbocycles. The third-order valence-corrected chi connectivity index (χ3v) is 7.58. The maximum absolute atomic E-state index is 13.8. The highest BCUT2D eigenvalue weighted by Crippen LogP contribution is 2.44. The minimum Gasteiger partial charge on any atom is -0.468 e. The van der Waals surface area contributed by atoms with Gasteiger partial charge < -0.3 is 14.6 Å². The van der Waals surface area contributed by atoms with Crippen LogP contribution >= 0.6 is 11.3 Å². The Balaban J connectivity index is 1.55. The largest absolute Gasteiger partial charge is 0.468 e. The number of thiophene rings is 1. The zero-order chi connectivity index (χ0) is 25.5. The summed E-state index contributed by atoms with van der Waals surface area (Å²) in [6.45, 7) is 9.96. The Morgan fingerprint density at radius 2 is 1.97 bits per heavy atom. The highest BCUT2D eigenvalue weighted by atomic mass is 32.1. The van der Waals surface area contributed by atoms with Crippen molar-refractivity contribution in [1.82, 2.24) is 15.1 Å². The molecule has 1 aromatic carbocycles. The molecule has 3 heterocycles. The van der Waals surface area contributed by atoms with E-state index in [0.717, 1.165) is 48.7 Å². The van der Waals surface area contributed by atoms with Crippen molar-refractivity contribution in [2.24, 2.45) is 5.92 Å². The van der Waals surface area contributed by atoms with Gasteiger partial charge in [-0.3, -0.25) is 14.5 Å². The van der Waals surface area contributed by atoms with Crippen LogP contribution in [0.15, 0.2) is 64.6 Å². The van der Waals surface area contributed by atoms with Crippen LogP contribution in [0.2, 0.25) is 0 Å². The second-order valence-electron chi connectivity index (χ2n) is 9.88. The number of carbonyl (C=O) groups is 2. The first-order chi connectivity index (χ1) is 17.5. The first-order valence-electron chi connectivity index (χ1n) is 12.9. The van der Waals surface area contributed by atoms with Gasteiger partial charge in [-0.2, -0.15) is 0 Å². The molecule has 0 fully saturated rings. The van der Waals surface area contributed by atoms with Gasteiger partial charge in [0, 0.05) is 30.1 Å². The molecule has 0 unspecified atom stereocenters. The first-order valence-corrected chi connectivity index (χ1v) is 13.8. The number of hydrogen-bond acceptors (Lipinski definition) is 5. The first kappa shape index (κ1) is 26.2. The van der Waals surface area contributed by atoms with E-state index in [4.69, 9.17) is 4.42 Å². The van der Waals surface area contributed by atoms with Crippen molar-refractivity contribution < 1.29 is 14.0 Å². The van der Waals surface area contributed by atoms with Crippen molar-refractivity contribution in [2.45, 2.75) is 52.1 Å². The fourth-order valence-corrected chi connectivity index (χ4v) is 5.84. The van der Waals surface area contributed by atoms with E-state index in [1.165, 1.54) is 0 Å². The van der Waals surface area contributed by atoms with E-state index in [1.807, 2.05) is 58.8 Å². The molecule has 1 N–H and O–H groups in total. The summed E-state index contributed by atoms with van der Waals surface area (Å²) in [5.41, 5.74) is 1.45. The Morgan fingerprint density at radius 3 is 2.67 bits per heavy atom. The molecule has 7 heteroatoms. The van der Waals surface area contributed by atoms with E-state index in [1.54, 1.807) is 17.6 Å². The summed E-state index contributed by atoms with van der Waals surface area (Å²) in [6, 6.07) is 15.2. The summed E-state index contributed by atoms with van der Waals surface area (Å²) in [4.78, 5) is 32.7. The Hall–Kier alpha value is -2.90. The van der Waals surface area contributed by atoms with Crippen LogP contribution in [0.5, 0.6) is 0 Å². The molecule has 0 bridgehead atoms. The number of rotatable bonds is 12. The molecule has 2 aromatic heterocycles. The highest BCUT2D eigenvalue weighted by molar-refractivity contribution is 7.10. The van der Waals surface area contributed by atoms with Crippen molar-refractivity contribution in [3.8, 4) is 0 Å². The molecule has 2 atom stereocenters. The van der Waals surface area contributed by atoms with E-state index in [0.29, 0.717) is 24.6 Å². The van der Waals surface area contributed by atoms with Gasteiger partial charge in [0.15, 0.2) is 0 Å². The SMILES string of the molecule is CCCCN(CCNC(=O)[C@@H]1c2ccccc2C(=O)N(CC(C)C)[C@@H]1c1cccs1)Cc1ccco1. The highest BCUT2D eigenvalue weighted by Gasteiger charge is 2.44. The average molecular weight is 508 g/mol. The Morgan fingerprint density at radius 1 is 1.14 bits per heavy atom. The van der Waals surface area contributed by atoms with Crippen LogP contribution in [0.4, 0.5) is 0 Å². The molecule has 2 amide bonds. The molecule has 1 aliphatic rings. The third-order valence-electron chi connectivity index (χ3n) is 6.63. The molecule has 3 aromatic rings. The number of nitrogens with zero attached hydrogens (tertiary/aromatic N) is 2. The van der Waals surface area contributed by atoms with E-state index in [2.05, 4.69) is 31.0 Å². The van der Waals surface area contributed by atoms with Gasteiger partial charge in [-0.25, -0.2) is 0 Å². The van der Waals surface area contributed by atoms with E-state index >= 15 is 0 Å². The molecular weight excluding hydrogens is 470 g/mol. The third kappa shape index (κ3) is 6.08.